The van der Waals surface area contributed by atoms with Crippen LogP contribution in [-0.2, 0) is 4.79 Å². The molecule has 0 bridgehead atoms. The fourth-order valence-corrected chi connectivity index (χ4v) is 2.35. The Morgan fingerprint density at radius 2 is 2.47 bits per heavy atom. The molecule has 1 aromatic rings. The van der Waals surface area contributed by atoms with E-state index in [9.17, 15) is 4.79 Å². The minimum Gasteiger partial charge on any atom is -0.465 e. The van der Waals surface area contributed by atoms with Gasteiger partial charge in [0, 0.05) is 6.08 Å². The van der Waals surface area contributed by atoms with Crippen molar-refractivity contribution < 1.29 is 14.3 Å². The summed E-state index contributed by atoms with van der Waals surface area (Å²) in [6.45, 7) is -0.389. The van der Waals surface area contributed by atoms with Crippen LogP contribution < -0.4 is 0 Å². The summed E-state index contributed by atoms with van der Waals surface area (Å²) in [5.74, 6) is 0.303. The topological polar surface area (TPSA) is 53.7 Å². The molecule has 0 spiro atoms. The van der Waals surface area contributed by atoms with Gasteiger partial charge >= 0.3 is 0 Å². The van der Waals surface area contributed by atoms with Gasteiger partial charge in [-0.15, -0.1) is 0 Å². The predicted octanol–water partition coefficient (Wildman–Crippen LogP) is 1.43. The number of furan rings is 1. The summed E-state index contributed by atoms with van der Waals surface area (Å²) in [5, 5.41) is 8.90. The smallest absolute Gasteiger partial charge is 0.268 e. The monoisotopic (exact) mass is 241 g/mol. The lowest BCUT2D eigenvalue weighted by atomic mass is 10.4. The number of carbonyl (C=O) groups is 1. The van der Waals surface area contributed by atoms with Crippen molar-refractivity contribution in [1.29, 1.82) is 0 Å². The summed E-state index contributed by atoms with van der Waals surface area (Å²) < 4.78 is 5.44. The van der Waals surface area contributed by atoms with Gasteiger partial charge in [0.15, 0.2) is 0 Å². The molecule has 1 N–H and O–H groups in total. The molecule has 4 nitrogen and oxygen atoms in total. The predicted molar refractivity (Wildman–Crippen MR) is 60.8 cm³/mol. The van der Waals surface area contributed by atoms with E-state index in [-0.39, 0.29) is 12.6 Å². The molecule has 15 heavy (non-hydrogen) atoms. The van der Waals surface area contributed by atoms with Gasteiger partial charge in [0.05, 0.1) is 11.2 Å². The van der Waals surface area contributed by atoms with Gasteiger partial charge in [-0.05, 0) is 12.1 Å². The normalized spacial score (nSPS) is 19.3. The van der Waals surface area contributed by atoms with Crippen molar-refractivity contribution in [2.75, 3.05) is 6.73 Å². The zero-order valence-corrected chi connectivity index (χ0v) is 9.18. The molecule has 78 valence electrons. The van der Waals surface area contributed by atoms with Gasteiger partial charge in [-0.2, -0.15) is 0 Å². The third-order valence-corrected chi connectivity index (χ3v) is 3.21. The van der Waals surface area contributed by atoms with Gasteiger partial charge in [-0.25, -0.2) is 0 Å². The minimum absolute atomic E-state index is 0.288. The number of amides is 1. The van der Waals surface area contributed by atoms with Crippen molar-refractivity contribution in [3.8, 4) is 0 Å². The van der Waals surface area contributed by atoms with Gasteiger partial charge < -0.3 is 9.52 Å². The first-order valence-corrected chi connectivity index (χ1v) is 5.34. The van der Waals surface area contributed by atoms with E-state index in [2.05, 4.69) is 0 Å². The SMILES string of the molecule is O=C1C(=Cc2ccco2)SC(=S)N1CO. The van der Waals surface area contributed by atoms with Gasteiger partial charge in [0.1, 0.15) is 16.8 Å². The summed E-state index contributed by atoms with van der Waals surface area (Å²) in [7, 11) is 0. The Labute approximate surface area is 95.6 Å². The second kappa shape index (κ2) is 4.18. The van der Waals surface area contributed by atoms with E-state index in [1.165, 1.54) is 6.26 Å². The summed E-state index contributed by atoms with van der Waals surface area (Å²) in [6.07, 6.45) is 3.13. The highest BCUT2D eigenvalue weighted by atomic mass is 32.2. The number of aliphatic hydroxyl groups excluding tert-OH is 1. The fraction of sp³-hybridized carbons (Fsp3) is 0.111. The molecule has 0 aromatic carbocycles. The van der Waals surface area contributed by atoms with Crippen molar-refractivity contribution in [2.45, 2.75) is 0 Å². The van der Waals surface area contributed by atoms with Crippen LogP contribution >= 0.6 is 24.0 Å². The average molecular weight is 241 g/mol. The molecule has 0 aliphatic carbocycles. The summed E-state index contributed by atoms with van der Waals surface area (Å²) in [6, 6.07) is 3.48. The van der Waals surface area contributed by atoms with Crippen LogP contribution in [0.15, 0.2) is 27.7 Å². The molecule has 0 atom stereocenters. The van der Waals surface area contributed by atoms with Crippen molar-refractivity contribution in [1.82, 2.24) is 4.90 Å². The van der Waals surface area contributed by atoms with E-state index in [1.54, 1.807) is 18.2 Å². The van der Waals surface area contributed by atoms with Crippen molar-refractivity contribution >= 4 is 40.3 Å². The second-order valence-electron chi connectivity index (χ2n) is 2.77. The van der Waals surface area contributed by atoms with Crippen LogP contribution in [0.4, 0.5) is 0 Å². The van der Waals surface area contributed by atoms with Gasteiger partial charge in [0.2, 0.25) is 0 Å². The van der Waals surface area contributed by atoms with E-state index in [0.29, 0.717) is 15.0 Å². The maximum absolute atomic E-state index is 11.6. The maximum atomic E-state index is 11.6. The average Bonchev–Trinajstić information content (AvgIpc) is 2.78. The largest absolute Gasteiger partial charge is 0.465 e. The van der Waals surface area contributed by atoms with Gasteiger partial charge in [0.25, 0.3) is 5.91 Å². The first-order chi connectivity index (χ1) is 7.22. The Kier molecular flexibility index (Phi) is 2.90. The number of nitrogens with zero attached hydrogens (tertiary/aromatic N) is 1. The highest BCUT2D eigenvalue weighted by Crippen LogP contribution is 2.31. The molecule has 2 heterocycles. The number of rotatable bonds is 2. The molecule has 1 aromatic heterocycles. The number of hydrogen-bond acceptors (Lipinski definition) is 5. The van der Waals surface area contributed by atoms with Crippen LogP contribution in [0.2, 0.25) is 0 Å². The second-order valence-corrected chi connectivity index (χ2v) is 4.44. The lowest BCUT2D eigenvalue weighted by molar-refractivity contribution is -0.124. The van der Waals surface area contributed by atoms with Gasteiger partial charge in [-0.3, -0.25) is 9.69 Å². The Morgan fingerprint density at radius 1 is 1.67 bits per heavy atom. The van der Waals surface area contributed by atoms with Crippen LogP contribution in [0.3, 0.4) is 0 Å². The maximum Gasteiger partial charge on any atom is 0.268 e. The molecule has 1 aliphatic rings. The van der Waals surface area contributed by atoms with E-state index in [0.717, 1.165) is 16.7 Å². The lowest BCUT2D eigenvalue weighted by Crippen LogP contribution is -2.28. The van der Waals surface area contributed by atoms with Crippen molar-refractivity contribution in [2.24, 2.45) is 0 Å². The molecule has 0 unspecified atom stereocenters. The third kappa shape index (κ3) is 1.97. The fourth-order valence-electron chi connectivity index (χ4n) is 1.12. The highest BCUT2D eigenvalue weighted by molar-refractivity contribution is 8.26. The van der Waals surface area contributed by atoms with E-state index in [4.69, 9.17) is 21.7 Å². The van der Waals surface area contributed by atoms with Crippen LogP contribution in [0.1, 0.15) is 5.76 Å². The summed E-state index contributed by atoms with van der Waals surface area (Å²) in [4.78, 5) is 13.2. The quantitative estimate of drug-likeness (QED) is 0.627. The summed E-state index contributed by atoms with van der Waals surface area (Å²) >= 11 is 6.08. The Balaban J connectivity index is 2.26. The lowest BCUT2D eigenvalue weighted by Gasteiger charge is -2.08. The number of thiocarbonyl (C=S) groups is 1. The minimum atomic E-state index is -0.389. The van der Waals surface area contributed by atoms with E-state index < -0.39 is 0 Å². The zero-order chi connectivity index (χ0) is 10.8. The first-order valence-electron chi connectivity index (χ1n) is 4.12. The van der Waals surface area contributed by atoms with Crippen molar-refractivity contribution in [3.05, 3.63) is 29.1 Å². The molecular formula is C9H7NO3S2. The van der Waals surface area contributed by atoms with Crippen LogP contribution in [0, 0.1) is 0 Å². The number of aliphatic hydroxyl groups is 1. The van der Waals surface area contributed by atoms with Crippen LogP contribution in [0.25, 0.3) is 6.08 Å². The number of carbonyl (C=O) groups excluding carboxylic acids is 1. The molecule has 1 saturated heterocycles. The van der Waals surface area contributed by atoms with Crippen LogP contribution in [-0.4, -0.2) is 27.0 Å². The van der Waals surface area contributed by atoms with Crippen molar-refractivity contribution in [3.63, 3.8) is 0 Å². The first kappa shape index (κ1) is 10.4. The van der Waals surface area contributed by atoms with E-state index in [1.807, 2.05) is 0 Å². The molecular weight excluding hydrogens is 234 g/mol. The third-order valence-electron chi connectivity index (χ3n) is 1.83. The van der Waals surface area contributed by atoms with E-state index >= 15 is 0 Å². The molecule has 0 radical (unpaired) electrons. The molecule has 0 saturated carbocycles. The Bertz CT molecular complexity index is 425. The summed E-state index contributed by atoms with van der Waals surface area (Å²) in [5.41, 5.74) is 0. The van der Waals surface area contributed by atoms with Crippen LogP contribution in [0.5, 0.6) is 0 Å². The van der Waals surface area contributed by atoms with Gasteiger partial charge in [-0.1, -0.05) is 24.0 Å². The molecule has 2 rings (SSSR count). The molecule has 6 heteroatoms. The Hall–Kier alpha value is -1.11. The molecule has 1 amide bonds. The number of hydrogen-bond donors (Lipinski definition) is 1. The molecule has 1 aliphatic heterocycles. The number of thioether (sulfide) groups is 1. The zero-order valence-electron chi connectivity index (χ0n) is 7.54. The standard InChI is InChI=1S/C9H7NO3S2/c11-5-10-8(12)7(15-9(10)14)4-6-2-1-3-13-6/h1-4,11H,5H2. The highest BCUT2D eigenvalue weighted by Gasteiger charge is 2.31. The Morgan fingerprint density at radius 3 is 3.00 bits per heavy atom. The molecule has 1 fully saturated rings.